The average Bonchev–Trinajstić information content (AvgIpc) is 2.21. The Morgan fingerprint density at radius 3 is 2.36 bits per heavy atom. The second-order valence-corrected chi connectivity index (χ2v) is 3.51. The van der Waals surface area contributed by atoms with Gasteiger partial charge in [0.1, 0.15) is 12.2 Å². The summed E-state index contributed by atoms with van der Waals surface area (Å²) in [5, 5.41) is 18.9. The van der Waals surface area contributed by atoms with E-state index in [1.54, 1.807) is 0 Å². The van der Waals surface area contributed by atoms with Gasteiger partial charge in [-0.3, -0.25) is 0 Å². The fraction of sp³-hybridized carbons (Fsp3) is 1.00. The molecule has 1 aliphatic heterocycles. The zero-order valence-electron chi connectivity index (χ0n) is 8.71. The Hall–Kier alpha value is -0.200. The minimum absolute atomic E-state index is 0.173. The van der Waals surface area contributed by atoms with Gasteiger partial charge < -0.3 is 24.4 Å². The van der Waals surface area contributed by atoms with E-state index in [1.165, 1.54) is 14.2 Å². The quantitative estimate of drug-likeness (QED) is 0.643. The molecule has 5 nitrogen and oxygen atoms in total. The van der Waals surface area contributed by atoms with Crippen molar-refractivity contribution in [3.63, 3.8) is 0 Å². The van der Waals surface area contributed by atoms with E-state index >= 15 is 0 Å². The Bertz CT molecular complexity index is 173. The molecule has 0 spiro atoms. The molecule has 5 heteroatoms. The Morgan fingerprint density at radius 2 is 1.93 bits per heavy atom. The van der Waals surface area contributed by atoms with Crippen molar-refractivity contribution in [2.75, 3.05) is 20.8 Å². The summed E-state index contributed by atoms with van der Waals surface area (Å²) in [5.74, 6) is -0.173. The van der Waals surface area contributed by atoms with Gasteiger partial charge in [-0.1, -0.05) is 6.92 Å². The highest BCUT2D eigenvalue weighted by Gasteiger charge is 2.43. The van der Waals surface area contributed by atoms with Gasteiger partial charge in [-0.15, -0.1) is 0 Å². The highest BCUT2D eigenvalue weighted by Crippen LogP contribution is 2.27. The van der Waals surface area contributed by atoms with Crippen molar-refractivity contribution in [3.8, 4) is 0 Å². The molecule has 0 aromatic rings. The van der Waals surface area contributed by atoms with Crippen LogP contribution in [0, 0.1) is 5.92 Å². The number of aliphatic hydroxyl groups excluding tert-OH is 2. The van der Waals surface area contributed by atoms with E-state index < -0.39 is 24.6 Å². The lowest BCUT2D eigenvalue weighted by molar-refractivity contribution is -0.279. The molecule has 84 valence electrons. The van der Waals surface area contributed by atoms with Crippen molar-refractivity contribution in [2.45, 2.75) is 31.5 Å². The van der Waals surface area contributed by atoms with Gasteiger partial charge in [0.2, 0.25) is 0 Å². The Kier molecular flexibility index (Phi) is 4.28. The lowest BCUT2D eigenvalue weighted by Gasteiger charge is -2.41. The lowest BCUT2D eigenvalue weighted by Crippen LogP contribution is -2.55. The molecule has 14 heavy (non-hydrogen) atoms. The van der Waals surface area contributed by atoms with Crippen LogP contribution in [0.2, 0.25) is 0 Å². The molecular weight excluding hydrogens is 188 g/mol. The van der Waals surface area contributed by atoms with Crippen molar-refractivity contribution in [2.24, 2.45) is 5.92 Å². The molecule has 1 fully saturated rings. The number of rotatable bonds is 3. The highest BCUT2D eigenvalue weighted by atomic mass is 16.7. The fourth-order valence-corrected chi connectivity index (χ4v) is 1.76. The zero-order chi connectivity index (χ0) is 10.7. The molecule has 2 N–H and O–H groups in total. The largest absolute Gasteiger partial charge is 0.394 e. The van der Waals surface area contributed by atoms with E-state index in [9.17, 15) is 5.11 Å². The van der Waals surface area contributed by atoms with Gasteiger partial charge in [-0.25, -0.2) is 0 Å². The molecule has 1 heterocycles. The summed E-state index contributed by atoms with van der Waals surface area (Å²) in [6, 6.07) is 0. The van der Waals surface area contributed by atoms with Gasteiger partial charge in [0, 0.05) is 20.1 Å². The molecule has 0 aromatic carbocycles. The van der Waals surface area contributed by atoms with Crippen molar-refractivity contribution in [1.29, 1.82) is 0 Å². The Labute approximate surface area is 83.6 Å². The molecule has 1 rings (SSSR count). The summed E-state index contributed by atoms with van der Waals surface area (Å²) >= 11 is 0. The van der Waals surface area contributed by atoms with E-state index in [2.05, 4.69) is 0 Å². The van der Waals surface area contributed by atoms with Crippen LogP contribution in [0.25, 0.3) is 0 Å². The van der Waals surface area contributed by atoms with Crippen LogP contribution in [0.4, 0.5) is 0 Å². The molecule has 0 aliphatic carbocycles. The maximum absolute atomic E-state index is 9.84. The molecule has 0 amide bonds. The maximum atomic E-state index is 9.84. The van der Waals surface area contributed by atoms with Gasteiger partial charge in [0.15, 0.2) is 6.29 Å². The lowest BCUT2D eigenvalue weighted by atomic mass is 9.92. The smallest absolute Gasteiger partial charge is 0.162 e. The van der Waals surface area contributed by atoms with Gasteiger partial charge in [0.05, 0.1) is 12.7 Å². The first kappa shape index (κ1) is 11.9. The monoisotopic (exact) mass is 206 g/mol. The SMILES string of the molecule is CO[C@@H]1OC(CO)[C@H](OC)[C@H](O)C1C. The number of aliphatic hydroxyl groups is 2. The first-order chi connectivity index (χ1) is 6.65. The van der Waals surface area contributed by atoms with Crippen LogP contribution in [-0.4, -0.2) is 55.6 Å². The second kappa shape index (κ2) is 5.04. The molecule has 0 bridgehead atoms. The molecule has 2 unspecified atom stereocenters. The first-order valence-electron chi connectivity index (χ1n) is 4.65. The van der Waals surface area contributed by atoms with Crippen molar-refractivity contribution < 1.29 is 24.4 Å². The third-order valence-corrected chi connectivity index (χ3v) is 2.66. The predicted molar refractivity (Wildman–Crippen MR) is 48.7 cm³/mol. The molecule has 0 radical (unpaired) electrons. The van der Waals surface area contributed by atoms with E-state index in [-0.39, 0.29) is 12.5 Å². The summed E-state index contributed by atoms with van der Waals surface area (Å²) in [4.78, 5) is 0. The zero-order valence-corrected chi connectivity index (χ0v) is 8.71. The highest BCUT2D eigenvalue weighted by molar-refractivity contribution is 4.87. The van der Waals surface area contributed by atoms with Gasteiger partial charge >= 0.3 is 0 Å². The van der Waals surface area contributed by atoms with Crippen molar-refractivity contribution in [3.05, 3.63) is 0 Å². The fourth-order valence-electron chi connectivity index (χ4n) is 1.76. The Balaban J connectivity index is 2.71. The molecule has 1 saturated heterocycles. The standard InChI is InChI=1S/C9H18O5/c1-5-7(11)8(12-2)6(4-10)14-9(5)13-3/h5-11H,4H2,1-3H3/t5?,6?,7-,8+,9-/m1/s1. The summed E-state index contributed by atoms with van der Waals surface area (Å²) in [6.45, 7) is 1.63. The van der Waals surface area contributed by atoms with Crippen LogP contribution < -0.4 is 0 Å². The maximum Gasteiger partial charge on any atom is 0.162 e. The van der Waals surface area contributed by atoms with Crippen LogP contribution in [-0.2, 0) is 14.2 Å². The van der Waals surface area contributed by atoms with Gasteiger partial charge in [-0.05, 0) is 0 Å². The summed E-state index contributed by atoms with van der Waals surface area (Å²) in [7, 11) is 3.00. The molecular formula is C9H18O5. The van der Waals surface area contributed by atoms with Crippen molar-refractivity contribution in [1.82, 2.24) is 0 Å². The van der Waals surface area contributed by atoms with Crippen LogP contribution in [0.5, 0.6) is 0 Å². The van der Waals surface area contributed by atoms with E-state index in [0.29, 0.717) is 0 Å². The number of ether oxygens (including phenoxy) is 3. The third kappa shape index (κ3) is 2.07. The van der Waals surface area contributed by atoms with Crippen LogP contribution in [0.15, 0.2) is 0 Å². The first-order valence-corrected chi connectivity index (χ1v) is 4.65. The van der Waals surface area contributed by atoms with E-state index in [4.69, 9.17) is 19.3 Å². The molecule has 0 saturated carbocycles. The minimum atomic E-state index is -0.684. The molecule has 5 atom stereocenters. The normalized spacial score (nSPS) is 43.9. The van der Waals surface area contributed by atoms with Gasteiger partial charge in [-0.2, -0.15) is 0 Å². The second-order valence-electron chi connectivity index (χ2n) is 3.51. The summed E-state index contributed by atoms with van der Waals surface area (Å²) in [5.41, 5.74) is 0. The number of methoxy groups -OCH3 is 2. The average molecular weight is 206 g/mol. The molecule has 1 aliphatic rings. The van der Waals surface area contributed by atoms with Gasteiger partial charge in [0.25, 0.3) is 0 Å². The third-order valence-electron chi connectivity index (χ3n) is 2.66. The van der Waals surface area contributed by atoms with Crippen molar-refractivity contribution >= 4 is 0 Å². The molecule has 0 aromatic heterocycles. The predicted octanol–water partition coefficient (Wildman–Crippen LogP) is -0.638. The number of hydrogen-bond acceptors (Lipinski definition) is 5. The summed E-state index contributed by atoms with van der Waals surface area (Å²) < 4.78 is 15.5. The topological polar surface area (TPSA) is 68.2 Å². The summed E-state index contributed by atoms with van der Waals surface area (Å²) in [6.07, 6.45) is -2.21. The Morgan fingerprint density at radius 1 is 1.29 bits per heavy atom. The van der Waals surface area contributed by atoms with E-state index in [1.807, 2.05) is 6.92 Å². The van der Waals surface area contributed by atoms with E-state index in [0.717, 1.165) is 0 Å². The number of hydrogen-bond donors (Lipinski definition) is 2. The van der Waals surface area contributed by atoms with Crippen LogP contribution >= 0.6 is 0 Å². The van der Waals surface area contributed by atoms with Crippen LogP contribution in [0.3, 0.4) is 0 Å². The van der Waals surface area contributed by atoms with Crippen LogP contribution in [0.1, 0.15) is 6.92 Å². The minimum Gasteiger partial charge on any atom is -0.394 e.